The maximum atomic E-state index is 11.2. The van der Waals surface area contributed by atoms with E-state index < -0.39 is 11.8 Å². The number of nitrogens with one attached hydrogen (secondary N) is 1. The summed E-state index contributed by atoms with van der Waals surface area (Å²) in [4.78, 5) is 31.8. The van der Waals surface area contributed by atoms with Crippen LogP contribution < -0.4 is 5.32 Å². The van der Waals surface area contributed by atoms with Gasteiger partial charge in [-0.3, -0.25) is 4.79 Å². The van der Waals surface area contributed by atoms with E-state index in [2.05, 4.69) is 5.32 Å². The zero-order chi connectivity index (χ0) is 10.4. The number of amides is 1. The fourth-order valence-electron chi connectivity index (χ4n) is 0.903. The molecule has 0 fully saturated rings. The van der Waals surface area contributed by atoms with Gasteiger partial charge in [0.05, 0.1) is 0 Å². The Balaban J connectivity index is 2.65. The molecule has 0 spiro atoms. The summed E-state index contributed by atoms with van der Waals surface area (Å²) in [6, 6.07) is 8.63. The molecule has 1 rings (SSSR count). The quantitative estimate of drug-likeness (QED) is 0.561. The number of carbonyl (C=O) groups is 3. The molecule has 0 aliphatic rings. The van der Waals surface area contributed by atoms with Crippen molar-refractivity contribution in [2.45, 2.75) is 0 Å². The standard InChI is InChI=1S/C10H9NO3/c12-6-8(7-13)10(14)11-9-4-2-1-3-5-9/h1-8H,(H,11,14). The lowest BCUT2D eigenvalue weighted by molar-refractivity contribution is -0.129. The zero-order valence-electron chi connectivity index (χ0n) is 7.34. The number of carbonyl (C=O) groups excluding carboxylic acids is 3. The molecule has 1 aromatic rings. The zero-order valence-corrected chi connectivity index (χ0v) is 7.34. The highest BCUT2D eigenvalue weighted by molar-refractivity contribution is 6.10. The Labute approximate surface area is 80.9 Å². The van der Waals surface area contributed by atoms with Gasteiger partial charge in [-0.15, -0.1) is 0 Å². The molecule has 72 valence electrons. The van der Waals surface area contributed by atoms with Crippen LogP contribution in [0.25, 0.3) is 0 Å². The second-order valence-corrected chi connectivity index (χ2v) is 2.65. The largest absolute Gasteiger partial charge is 0.325 e. The summed E-state index contributed by atoms with van der Waals surface area (Å²) in [5.41, 5.74) is 0.561. The number of anilines is 1. The summed E-state index contributed by atoms with van der Waals surface area (Å²) in [7, 11) is 0. The molecular formula is C10H9NO3. The summed E-state index contributed by atoms with van der Waals surface area (Å²) in [5, 5.41) is 2.44. The van der Waals surface area contributed by atoms with Crippen molar-refractivity contribution in [3.8, 4) is 0 Å². The number of para-hydroxylation sites is 1. The Kier molecular flexibility index (Phi) is 3.55. The van der Waals surface area contributed by atoms with Crippen molar-refractivity contribution in [1.82, 2.24) is 0 Å². The van der Waals surface area contributed by atoms with Gasteiger partial charge in [0.1, 0.15) is 18.5 Å². The third kappa shape index (κ3) is 2.52. The van der Waals surface area contributed by atoms with E-state index in [1.54, 1.807) is 30.3 Å². The van der Waals surface area contributed by atoms with E-state index in [-0.39, 0.29) is 0 Å². The lowest BCUT2D eigenvalue weighted by Gasteiger charge is -2.04. The third-order valence-electron chi connectivity index (χ3n) is 1.64. The molecule has 0 bridgehead atoms. The van der Waals surface area contributed by atoms with Gasteiger partial charge in [-0.2, -0.15) is 0 Å². The van der Waals surface area contributed by atoms with Gasteiger partial charge in [-0.1, -0.05) is 18.2 Å². The van der Waals surface area contributed by atoms with Crippen LogP contribution in [0.15, 0.2) is 30.3 Å². The smallest absolute Gasteiger partial charge is 0.241 e. The van der Waals surface area contributed by atoms with Crippen LogP contribution >= 0.6 is 0 Å². The van der Waals surface area contributed by atoms with Crippen LogP contribution in [0.3, 0.4) is 0 Å². The average molecular weight is 191 g/mol. The van der Waals surface area contributed by atoms with Gasteiger partial charge < -0.3 is 14.9 Å². The molecule has 0 saturated heterocycles. The van der Waals surface area contributed by atoms with Crippen molar-refractivity contribution in [3.63, 3.8) is 0 Å². The van der Waals surface area contributed by atoms with Gasteiger partial charge in [0, 0.05) is 5.69 Å². The van der Waals surface area contributed by atoms with Crippen LogP contribution in [0.2, 0.25) is 0 Å². The third-order valence-corrected chi connectivity index (χ3v) is 1.64. The first kappa shape index (κ1) is 10.1. The van der Waals surface area contributed by atoms with E-state index in [1.807, 2.05) is 0 Å². The molecule has 4 nitrogen and oxygen atoms in total. The van der Waals surface area contributed by atoms with Crippen molar-refractivity contribution >= 4 is 24.2 Å². The summed E-state index contributed by atoms with van der Waals surface area (Å²) in [6.45, 7) is 0. The van der Waals surface area contributed by atoms with E-state index in [9.17, 15) is 14.4 Å². The lowest BCUT2D eigenvalue weighted by Crippen LogP contribution is -2.24. The highest BCUT2D eigenvalue weighted by Gasteiger charge is 2.15. The highest BCUT2D eigenvalue weighted by atomic mass is 16.2. The predicted molar refractivity (Wildman–Crippen MR) is 50.7 cm³/mol. The van der Waals surface area contributed by atoms with Crippen LogP contribution in [0.1, 0.15) is 0 Å². The molecule has 1 aromatic carbocycles. The van der Waals surface area contributed by atoms with Crippen LogP contribution in [0.4, 0.5) is 5.69 Å². The molecule has 0 unspecified atom stereocenters. The SMILES string of the molecule is O=CC(C=O)C(=O)Nc1ccccc1. The average Bonchev–Trinajstić information content (AvgIpc) is 2.21. The Hall–Kier alpha value is -1.97. The molecule has 0 aromatic heterocycles. The minimum absolute atomic E-state index is 0.311. The van der Waals surface area contributed by atoms with Gasteiger partial charge in [0.25, 0.3) is 0 Å². The maximum Gasteiger partial charge on any atom is 0.241 e. The molecule has 14 heavy (non-hydrogen) atoms. The van der Waals surface area contributed by atoms with E-state index in [4.69, 9.17) is 0 Å². The topological polar surface area (TPSA) is 63.2 Å². The van der Waals surface area contributed by atoms with Crippen molar-refractivity contribution in [1.29, 1.82) is 0 Å². The van der Waals surface area contributed by atoms with Crippen LogP contribution in [0, 0.1) is 5.92 Å². The van der Waals surface area contributed by atoms with E-state index >= 15 is 0 Å². The number of hydrogen-bond acceptors (Lipinski definition) is 3. The Morgan fingerprint density at radius 2 is 1.71 bits per heavy atom. The van der Waals surface area contributed by atoms with Gasteiger partial charge in [0.2, 0.25) is 5.91 Å². The molecule has 0 atom stereocenters. The van der Waals surface area contributed by atoms with E-state index in [0.29, 0.717) is 18.3 Å². The highest BCUT2D eigenvalue weighted by Crippen LogP contribution is 2.05. The maximum absolute atomic E-state index is 11.2. The molecule has 4 heteroatoms. The van der Waals surface area contributed by atoms with Gasteiger partial charge in [0.15, 0.2) is 0 Å². The summed E-state index contributed by atoms with van der Waals surface area (Å²) < 4.78 is 0. The minimum atomic E-state index is -1.23. The molecule has 1 N–H and O–H groups in total. The van der Waals surface area contributed by atoms with Crippen LogP contribution in [0.5, 0.6) is 0 Å². The summed E-state index contributed by atoms with van der Waals surface area (Å²) in [6.07, 6.45) is 0.622. The Bertz CT molecular complexity index is 326. The Morgan fingerprint density at radius 1 is 1.14 bits per heavy atom. The molecular weight excluding hydrogens is 182 g/mol. The fourth-order valence-corrected chi connectivity index (χ4v) is 0.903. The van der Waals surface area contributed by atoms with Crippen molar-refractivity contribution in [2.75, 3.05) is 5.32 Å². The molecule has 0 radical (unpaired) electrons. The van der Waals surface area contributed by atoms with Gasteiger partial charge in [-0.05, 0) is 12.1 Å². The first-order valence-electron chi connectivity index (χ1n) is 4.04. The lowest BCUT2D eigenvalue weighted by atomic mass is 10.2. The second kappa shape index (κ2) is 4.91. The fraction of sp³-hybridized carbons (Fsp3) is 0.100. The molecule has 0 saturated carbocycles. The van der Waals surface area contributed by atoms with Crippen LogP contribution in [-0.2, 0) is 14.4 Å². The monoisotopic (exact) mass is 191 g/mol. The molecule has 0 aliphatic heterocycles. The van der Waals surface area contributed by atoms with E-state index in [1.165, 1.54) is 0 Å². The normalized spacial score (nSPS) is 9.50. The van der Waals surface area contributed by atoms with Crippen molar-refractivity contribution in [3.05, 3.63) is 30.3 Å². The predicted octanol–water partition coefficient (Wildman–Crippen LogP) is 0.639. The number of aldehydes is 2. The number of benzene rings is 1. The molecule has 0 aliphatic carbocycles. The Morgan fingerprint density at radius 3 is 2.21 bits per heavy atom. The number of hydrogen-bond donors (Lipinski definition) is 1. The molecule has 1 amide bonds. The first-order chi connectivity index (χ1) is 6.77. The van der Waals surface area contributed by atoms with E-state index in [0.717, 1.165) is 0 Å². The van der Waals surface area contributed by atoms with Crippen molar-refractivity contribution < 1.29 is 14.4 Å². The van der Waals surface area contributed by atoms with Crippen LogP contribution in [-0.4, -0.2) is 18.5 Å². The molecule has 0 heterocycles. The van der Waals surface area contributed by atoms with Gasteiger partial charge >= 0.3 is 0 Å². The number of rotatable bonds is 4. The van der Waals surface area contributed by atoms with Gasteiger partial charge in [-0.25, -0.2) is 0 Å². The summed E-state index contributed by atoms with van der Waals surface area (Å²) in [5.74, 6) is -1.84. The second-order valence-electron chi connectivity index (χ2n) is 2.65. The minimum Gasteiger partial charge on any atom is -0.325 e. The van der Waals surface area contributed by atoms with Crippen molar-refractivity contribution in [2.24, 2.45) is 5.92 Å². The summed E-state index contributed by atoms with van der Waals surface area (Å²) >= 11 is 0. The first-order valence-corrected chi connectivity index (χ1v) is 4.04.